The van der Waals surface area contributed by atoms with Crippen molar-refractivity contribution in [1.82, 2.24) is 19.5 Å². The Labute approximate surface area is 256 Å². The van der Waals surface area contributed by atoms with Crippen molar-refractivity contribution in [3.63, 3.8) is 0 Å². The molecule has 1 aliphatic rings. The molecule has 1 unspecified atom stereocenters. The van der Waals surface area contributed by atoms with Gasteiger partial charge in [-0.05, 0) is 45.0 Å². The average molecular weight is 624 g/mol. The molecule has 4 heterocycles. The summed E-state index contributed by atoms with van der Waals surface area (Å²) in [7, 11) is 1.60. The van der Waals surface area contributed by atoms with E-state index in [1.807, 2.05) is 6.92 Å². The number of hydrogen-bond acceptors (Lipinski definition) is 10. The van der Waals surface area contributed by atoms with E-state index in [4.69, 9.17) is 32.7 Å². The van der Waals surface area contributed by atoms with Crippen LogP contribution in [0.2, 0.25) is 10.0 Å². The summed E-state index contributed by atoms with van der Waals surface area (Å²) in [6, 6.07) is 8.30. The number of amides is 1. The lowest BCUT2D eigenvalue weighted by atomic mass is 10.1. The molecule has 43 heavy (non-hydrogen) atoms. The molecule has 1 amide bonds. The lowest BCUT2D eigenvalue weighted by molar-refractivity contribution is 0.0632. The van der Waals surface area contributed by atoms with Crippen LogP contribution in [0.25, 0.3) is 22.2 Å². The minimum atomic E-state index is -1.05. The second-order valence-corrected chi connectivity index (χ2v) is 11.5. The average Bonchev–Trinajstić information content (AvgIpc) is 3.41. The summed E-state index contributed by atoms with van der Waals surface area (Å²) in [4.78, 5) is 39.3. The van der Waals surface area contributed by atoms with Gasteiger partial charge >= 0.3 is 6.09 Å². The maximum Gasteiger partial charge on any atom is 0.412 e. The normalized spacial score (nSPS) is 16.0. The van der Waals surface area contributed by atoms with E-state index in [9.17, 15) is 9.59 Å². The van der Waals surface area contributed by atoms with Crippen LogP contribution in [0.4, 0.5) is 22.1 Å². The number of carbonyl (C=O) groups excluding carboxylic acids is 1. The van der Waals surface area contributed by atoms with Gasteiger partial charge in [0, 0.05) is 36.7 Å². The number of azo groups is 1. The SMILES string of the molecule is CCC1(Oc2ncc(Nc3ncc4cc(-c5c(Cl)cccc5Cl)c(=O)n(C)c4n3)cc2NC(=O)OC(C)(C)C)C=CN=N1. The first-order valence-corrected chi connectivity index (χ1v) is 14.0. The number of anilines is 3. The molecule has 1 aliphatic heterocycles. The Morgan fingerprint density at radius 1 is 1.12 bits per heavy atom. The molecule has 5 rings (SSSR count). The Morgan fingerprint density at radius 3 is 2.51 bits per heavy atom. The zero-order valence-corrected chi connectivity index (χ0v) is 25.5. The molecular weight excluding hydrogens is 595 g/mol. The predicted octanol–water partition coefficient (Wildman–Crippen LogP) is 7.25. The van der Waals surface area contributed by atoms with Crippen LogP contribution in [0.3, 0.4) is 0 Å². The molecule has 3 aromatic heterocycles. The molecular formula is C29H28Cl2N8O4. The van der Waals surface area contributed by atoms with Crippen molar-refractivity contribution in [3.05, 3.63) is 75.4 Å². The monoisotopic (exact) mass is 622 g/mol. The number of hydrogen-bond donors (Lipinski definition) is 2. The fourth-order valence-electron chi connectivity index (χ4n) is 4.27. The highest BCUT2D eigenvalue weighted by Gasteiger charge is 2.32. The number of aryl methyl sites for hydroxylation is 1. The Balaban J connectivity index is 1.49. The van der Waals surface area contributed by atoms with Crippen molar-refractivity contribution in [2.24, 2.45) is 17.3 Å². The van der Waals surface area contributed by atoms with E-state index in [2.05, 4.69) is 35.8 Å². The molecule has 1 aromatic carbocycles. The Hall–Kier alpha value is -4.55. The highest BCUT2D eigenvalue weighted by molar-refractivity contribution is 6.39. The minimum absolute atomic E-state index is 0.108. The standard InChI is InChI=1S/C29H28Cl2N8O4/c1-6-29(10-11-34-38-29)42-24-21(36-27(41)43-28(2,3)4)13-17(15-32-24)35-26-33-14-16-12-18(25(40)39(5)23(16)37-26)22-19(30)8-7-9-20(22)31/h7-15H,6H2,1-5H3,(H,36,41)(H,33,35,37). The molecule has 222 valence electrons. The highest BCUT2D eigenvalue weighted by atomic mass is 35.5. The lowest BCUT2D eigenvalue weighted by Crippen LogP contribution is -2.31. The van der Waals surface area contributed by atoms with E-state index in [0.29, 0.717) is 44.3 Å². The third-order valence-electron chi connectivity index (χ3n) is 6.33. The maximum atomic E-state index is 13.3. The van der Waals surface area contributed by atoms with Crippen molar-refractivity contribution in [2.75, 3.05) is 10.6 Å². The number of benzene rings is 1. The smallest absolute Gasteiger partial charge is 0.412 e. The fourth-order valence-corrected chi connectivity index (χ4v) is 4.87. The molecule has 0 bridgehead atoms. The maximum absolute atomic E-state index is 13.3. The molecule has 0 spiro atoms. The van der Waals surface area contributed by atoms with Crippen LogP contribution in [0.5, 0.6) is 5.88 Å². The number of pyridine rings is 2. The Bertz CT molecular complexity index is 1820. The summed E-state index contributed by atoms with van der Waals surface area (Å²) < 4.78 is 12.9. The van der Waals surface area contributed by atoms with Gasteiger partial charge in [0.15, 0.2) is 0 Å². The third-order valence-corrected chi connectivity index (χ3v) is 6.96. The molecule has 2 N–H and O–H groups in total. The summed E-state index contributed by atoms with van der Waals surface area (Å²) in [5, 5.41) is 15.1. The lowest BCUT2D eigenvalue weighted by Gasteiger charge is -2.24. The van der Waals surface area contributed by atoms with Crippen molar-refractivity contribution in [2.45, 2.75) is 45.4 Å². The second kappa shape index (κ2) is 11.6. The van der Waals surface area contributed by atoms with Gasteiger partial charge in [0.1, 0.15) is 16.9 Å². The number of carbonyl (C=O) groups is 1. The number of nitrogens with one attached hydrogen (secondary N) is 2. The number of nitrogens with zero attached hydrogens (tertiary/aromatic N) is 6. The van der Waals surface area contributed by atoms with Crippen LogP contribution < -0.4 is 20.9 Å². The van der Waals surface area contributed by atoms with Gasteiger partial charge < -0.3 is 14.8 Å². The zero-order chi connectivity index (χ0) is 30.9. The molecule has 14 heteroatoms. The molecule has 0 fully saturated rings. The molecule has 0 saturated heterocycles. The van der Waals surface area contributed by atoms with Crippen LogP contribution >= 0.6 is 23.2 Å². The molecule has 12 nitrogen and oxygen atoms in total. The minimum Gasteiger partial charge on any atom is -0.444 e. The summed E-state index contributed by atoms with van der Waals surface area (Å²) in [5.74, 6) is 0.290. The molecule has 4 aromatic rings. The van der Waals surface area contributed by atoms with E-state index >= 15 is 0 Å². The van der Waals surface area contributed by atoms with Gasteiger partial charge in [0.2, 0.25) is 17.6 Å². The second-order valence-electron chi connectivity index (χ2n) is 10.7. The topological polar surface area (TPSA) is 145 Å². The highest BCUT2D eigenvalue weighted by Crippen LogP contribution is 2.35. The summed E-state index contributed by atoms with van der Waals surface area (Å²) in [6.45, 7) is 7.16. The van der Waals surface area contributed by atoms with Crippen molar-refractivity contribution in [1.29, 1.82) is 0 Å². The van der Waals surface area contributed by atoms with Gasteiger partial charge in [-0.3, -0.25) is 14.7 Å². The largest absolute Gasteiger partial charge is 0.444 e. The fraction of sp³-hybridized carbons (Fsp3) is 0.276. The van der Waals surface area contributed by atoms with Gasteiger partial charge in [-0.1, -0.05) is 36.2 Å². The van der Waals surface area contributed by atoms with Crippen LogP contribution in [-0.4, -0.2) is 36.9 Å². The van der Waals surface area contributed by atoms with E-state index in [1.165, 1.54) is 17.0 Å². The zero-order valence-electron chi connectivity index (χ0n) is 24.0. The van der Waals surface area contributed by atoms with E-state index in [0.717, 1.165) is 0 Å². The number of rotatable bonds is 7. The van der Waals surface area contributed by atoms with Gasteiger partial charge in [-0.2, -0.15) is 10.1 Å². The van der Waals surface area contributed by atoms with Gasteiger partial charge in [-0.25, -0.2) is 14.8 Å². The predicted molar refractivity (Wildman–Crippen MR) is 165 cm³/mol. The molecule has 1 atom stereocenters. The van der Waals surface area contributed by atoms with E-state index in [-0.39, 0.29) is 23.1 Å². The number of halogens is 2. The van der Waals surface area contributed by atoms with Gasteiger partial charge in [-0.15, -0.1) is 5.11 Å². The van der Waals surface area contributed by atoms with Crippen LogP contribution in [0.1, 0.15) is 34.1 Å². The quantitative estimate of drug-likeness (QED) is 0.219. The number of ether oxygens (including phenoxy) is 2. The number of fused-ring (bicyclic) bond motifs is 1. The van der Waals surface area contributed by atoms with Gasteiger partial charge in [0.25, 0.3) is 5.56 Å². The summed E-state index contributed by atoms with van der Waals surface area (Å²) >= 11 is 12.7. The first-order chi connectivity index (χ1) is 20.4. The number of aromatic nitrogens is 4. The van der Waals surface area contributed by atoms with Crippen LogP contribution in [0, 0.1) is 0 Å². The van der Waals surface area contributed by atoms with Crippen molar-refractivity contribution in [3.8, 4) is 17.0 Å². The molecule has 0 radical (unpaired) electrons. The Kier molecular flexibility index (Phi) is 8.08. The molecule has 0 aliphatic carbocycles. The van der Waals surface area contributed by atoms with E-state index in [1.54, 1.807) is 70.4 Å². The van der Waals surface area contributed by atoms with Gasteiger partial charge in [0.05, 0.1) is 33.7 Å². The first-order valence-electron chi connectivity index (χ1n) is 13.2. The van der Waals surface area contributed by atoms with Crippen LogP contribution in [-0.2, 0) is 11.8 Å². The summed E-state index contributed by atoms with van der Waals surface area (Å²) in [6.07, 6.45) is 6.09. The molecule has 0 saturated carbocycles. The first kappa shape index (κ1) is 29.9. The van der Waals surface area contributed by atoms with E-state index < -0.39 is 17.4 Å². The third kappa shape index (κ3) is 6.45. The summed E-state index contributed by atoms with van der Waals surface area (Å²) in [5.41, 5.74) is -0.325. The van der Waals surface area contributed by atoms with Crippen molar-refractivity contribution < 1.29 is 14.3 Å². The Morgan fingerprint density at radius 2 is 1.86 bits per heavy atom. The van der Waals surface area contributed by atoms with Crippen molar-refractivity contribution >= 4 is 57.7 Å². The van der Waals surface area contributed by atoms with Crippen LogP contribution in [0.15, 0.2) is 70.0 Å².